The average Bonchev–Trinajstić information content (AvgIpc) is 2.37. The molecule has 0 aliphatic carbocycles. The van der Waals surface area contributed by atoms with Gasteiger partial charge < -0.3 is 10.4 Å². The Hall–Kier alpha value is -2.71. The van der Waals surface area contributed by atoms with Gasteiger partial charge in [0.2, 0.25) is 0 Å². The van der Waals surface area contributed by atoms with E-state index in [0.717, 1.165) is 18.2 Å². The molecule has 0 aliphatic rings. The number of hydrogen-bond acceptors (Lipinski definition) is 6. The molecule has 1 aromatic carbocycles. The second-order valence-electron chi connectivity index (χ2n) is 5.58. The minimum atomic E-state index is -1.42. The van der Waals surface area contributed by atoms with Gasteiger partial charge in [-0.3, -0.25) is 20.2 Å². The van der Waals surface area contributed by atoms with Crippen molar-refractivity contribution in [1.82, 2.24) is 0 Å². The number of anilines is 1. The smallest absolute Gasteiger partial charge is 0.329 e. The van der Waals surface area contributed by atoms with Gasteiger partial charge in [0, 0.05) is 6.07 Å². The normalized spacial score (nSPS) is 13.5. The highest BCUT2D eigenvalue weighted by atomic mass is 16.6. The summed E-state index contributed by atoms with van der Waals surface area (Å²) in [6.07, 6.45) is 0.233. The molecule has 1 atom stereocenters. The first-order chi connectivity index (χ1) is 10.1. The first kappa shape index (κ1) is 17.3. The van der Waals surface area contributed by atoms with E-state index >= 15 is 0 Å². The van der Waals surface area contributed by atoms with Gasteiger partial charge >= 0.3 is 5.97 Å². The fraction of sp³-hybridized carbons (Fsp3) is 0.462. The molecule has 22 heavy (non-hydrogen) atoms. The Labute approximate surface area is 126 Å². The lowest BCUT2D eigenvalue weighted by atomic mass is 9.90. The van der Waals surface area contributed by atoms with Gasteiger partial charge in [-0.2, -0.15) is 0 Å². The third-order valence-corrected chi connectivity index (χ3v) is 3.09. The molecule has 0 amide bonds. The van der Waals surface area contributed by atoms with Crippen LogP contribution in [-0.4, -0.2) is 26.5 Å². The summed E-state index contributed by atoms with van der Waals surface area (Å²) < 4.78 is 0. The van der Waals surface area contributed by atoms with Crippen LogP contribution in [0.1, 0.15) is 27.2 Å². The molecule has 0 heterocycles. The Morgan fingerprint density at radius 3 is 2.32 bits per heavy atom. The first-order valence-corrected chi connectivity index (χ1v) is 6.51. The van der Waals surface area contributed by atoms with Crippen LogP contribution < -0.4 is 5.32 Å². The van der Waals surface area contributed by atoms with Crippen molar-refractivity contribution in [2.45, 2.75) is 32.7 Å². The Bertz CT molecular complexity index is 616. The number of nitrogens with zero attached hydrogens (tertiary/aromatic N) is 2. The predicted octanol–water partition coefficient (Wildman–Crippen LogP) is 2.80. The fourth-order valence-electron chi connectivity index (χ4n) is 2.20. The quantitative estimate of drug-likeness (QED) is 0.583. The highest BCUT2D eigenvalue weighted by Gasteiger charge is 2.36. The largest absolute Gasteiger partial charge is 0.480 e. The topological polar surface area (TPSA) is 136 Å². The zero-order chi connectivity index (χ0) is 17.1. The number of nitrogens with one attached hydrogen (secondary N) is 1. The number of benzene rings is 1. The van der Waals surface area contributed by atoms with Crippen LogP contribution in [0, 0.1) is 26.1 Å². The van der Waals surface area contributed by atoms with Crippen molar-refractivity contribution in [3.8, 4) is 0 Å². The van der Waals surface area contributed by atoms with Crippen molar-refractivity contribution >= 4 is 23.0 Å². The molecule has 1 unspecified atom stereocenters. The van der Waals surface area contributed by atoms with Crippen LogP contribution in [0.15, 0.2) is 18.2 Å². The summed E-state index contributed by atoms with van der Waals surface area (Å²) in [6, 6.07) is 3.05. The number of carboxylic acids is 1. The third kappa shape index (κ3) is 3.90. The summed E-state index contributed by atoms with van der Waals surface area (Å²) in [5.74, 6) is -1.13. The Morgan fingerprint density at radius 1 is 1.32 bits per heavy atom. The van der Waals surface area contributed by atoms with E-state index < -0.39 is 32.7 Å². The maximum absolute atomic E-state index is 11.5. The Balaban J connectivity index is 3.28. The summed E-state index contributed by atoms with van der Waals surface area (Å²) in [5, 5.41) is 33.8. The van der Waals surface area contributed by atoms with Crippen molar-refractivity contribution in [3.63, 3.8) is 0 Å². The van der Waals surface area contributed by atoms with Gasteiger partial charge in [0.05, 0.1) is 15.9 Å². The van der Waals surface area contributed by atoms with E-state index in [1.165, 1.54) is 6.92 Å². The molecule has 0 radical (unpaired) electrons. The number of non-ortho nitro benzene ring substituents is 1. The maximum atomic E-state index is 11.5. The molecule has 0 saturated heterocycles. The molecule has 9 heteroatoms. The number of hydrogen-bond donors (Lipinski definition) is 2. The summed E-state index contributed by atoms with van der Waals surface area (Å²) in [4.78, 5) is 31.7. The average molecular weight is 311 g/mol. The summed E-state index contributed by atoms with van der Waals surface area (Å²) >= 11 is 0. The lowest BCUT2D eigenvalue weighted by Gasteiger charge is -2.28. The molecule has 1 rings (SSSR count). The minimum absolute atomic E-state index is 0.0331. The molecule has 0 spiro atoms. The highest BCUT2D eigenvalue weighted by molar-refractivity contribution is 5.83. The molecular formula is C13H17N3O6. The summed E-state index contributed by atoms with van der Waals surface area (Å²) in [7, 11) is 0. The van der Waals surface area contributed by atoms with Crippen molar-refractivity contribution in [1.29, 1.82) is 0 Å². The van der Waals surface area contributed by atoms with Gasteiger partial charge in [0.1, 0.15) is 11.2 Å². The number of carbonyl (C=O) groups is 1. The van der Waals surface area contributed by atoms with Gasteiger partial charge in [0.15, 0.2) is 0 Å². The van der Waals surface area contributed by atoms with Crippen molar-refractivity contribution in [2.24, 2.45) is 5.92 Å². The molecule has 2 N–H and O–H groups in total. The van der Waals surface area contributed by atoms with Crippen LogP contribution in [0.3, 0.4) is 0 Å². The summed E-state index contributed by atoms with van der Waals surface area (Å²) in [5.41, 5.74) is -2.46. The minimum Gasteiger partial charge on any atom is -0.480 e. The third-order valence-electron chi connectivity index (χ3n) is 3.09. The van der Waals surface area contributed by atoms with Gasteiger partial charge in [-0.25, -0.2) is 4.79 Å². The first-order valence-electron chi connectivity index (χ1n) is 6.51. The molecular weight excluding hydrogens is 294 g/mol. The number of carboxylic acid groups (broad SMARTS) is 1. The standard InChI is InChI=1S/C13H17N3O6/c1-8(2)7-13(3,12(17)18)14-10-5-4-9(15(19)20)6-11(10)16(21)22/h4-6,8,14H,7H2,1-3H3,(H,17,18). The van der Waals surface area contributed by atoms with Gasteiger partial charge in [-0.05, 0) is 25.3 Å². The van der Waals surface area contributed by atoms with E-state index in [9.17, 15) is 30.1 Å². The van der Waals surface area contributed by atoms with Gasteiger partial charge in [0.25, 0.3) is 11.4 Å². The molecule has 0 bridgehead atoms. The molecule has 9 nitrogen and oxygen atoms in total. The zero-order valence-corrected chi connectivity index (χ0v) is 12.4. The Morgan fingerprint density at radius 2 is 1.91 bits per heavy atom. The van der Waals surface area contributed by atoms with E-state index in [1.807, 2.05) is 13.8 Å². The van der Waals surface area contributed by atoms with Crippen LogP contribution in [0.5, 0.6) is 0 Å². The molecule has 120 valence electrons. The number of rotatable bonds is 7. The molecule has 0 fully saturated rings. The van der Waals surface area contributed by atoms with Crippen LogP contribution in [0.25, 0.3) is 0 Å². The van der Waals surface area contributed by atoms with Crippen LogP contribution in [-0.2, 0) is 4.79 Å². The number of aliphatic carboxylic acids is 1. The van der Waals surface area contributed by atoms with Crippen LogP contribution in [0.4, 0.5) is 17.1 Å². The van der Waals surface area contributed by atoms with E-state index in [4.69, 9.17) is 0 Å². The highest BCUT2D eigenvalue weighted by Crippen LogP contribution is 2.32. The fourth-order valence-corrected chi connectivity index (χ4v) is 2.20. The van der Waals surface area contributed by atoms with Gasteiger partial charge in [-0.15, -0.1) is 0 Å². The van der Waals surface area contributed by atoms with E-state index in [0.29, 0.717) is 0 Å². The van der Waals surface area contributed by atoms with Crippen molar-refractivity contribution in [2.75, 3.05) is 5.32 Å². The number of nitro groups is 2. The van der Waals surface area contributed by atoms with E-state index in [2.05, 4.69) is 5.32 Å². The second kappa shape index (κ2) is 6.37. The number of nitro benzene ring substituents is 2. The molecule has 0 saturated carbocycles. The predicted molar refractivity (Wildman–Crippen MR) is 78.9 cm³/mol. The van der Waals surface area contributed by atoms with E-state index in [1.54, 1.807) is 0 Å². The van der Waals surface area contributed by atoms with E-state index in [-0.39, 0.29) is 18.0 Å². The van der Waals surface area contributed by atoms with Crippen molar-refractivity contribution < 1.29 is 19.7 Å². The molecule has 1 aromatic rings. The lowest BCUT2D eigenvalue weighted by Crippen LogP contribution is -2.44. The Kier molecular flexibility index (Phi) is 5.02. The summed E-state index contributed by atoms with van der Waals surface area (Å²) in [6.45, 7) is 5.07. The van der Waals surface area contributed by atoms with Crippen molar-refractivity contribution in [3.05, 3.63) is 38.4 Å². The lowest BCUT2D eigenvalue weighted by molar-refractivity contribution is -0.393. The second-order valence-corrected chi connectivity index (χ2v) is 5.58. The SMILES string of the molecule is CC(C)CC(C)(Nc1ccc([N+](=O)[O-])cc1[N+](=O)[O-])C(=O)O. The van der Waals surface area contributed by atoms with Crippen LogP contribution >= 0.6 is 0 Å². The molecule has 0 aliphatic heterocycles. The molecule has 0 aromatic heterocycles. The monoisotopic (exact) mass is 311 g/mol. The maximum Gasteiger partial charge on any atom is 0.329 e. The van der Waals surface area contributed by atoms with Gasteiger partial charge in [-0.1, -0.05) is 13.8 Å². The zero-order valence-electron chi connectivity index (χ0n) is 12.4. The van der Waals surface area contributed by atoms with Crippen LogP contribution in [0.2, 0.25) is 0 Å².